The van der Waals surface area contributed by atoms with Crippen molar-refractivity contribution < 1.29 is 18.7 Å². The lowest BCUT2D eigenvalue weighted by Crippen LogP contribution is -2.44. The molecule has 0 saturated carbocycles. The number of benzene rings is 3. The van der Waals surface area contributed by atoms with Crippen LogP contribution in [0.1, 0.15) is 10.4 Å². The SMILES string of the molecule is COc1ccccc1Oc1nc(Nc2ccc(N3CCN(C)CC3)c(F)c2)ncc1C(=O)Nc1c(Cl)cccc1Cl. The van der Waals surface area contributed by atoms with Crippen molar-refractivity contribution in [3.8, 4) is 17.4 Å². The Hall–Kier alpha value is -4.12. The van der Waals surface area contributed by atoms with Crippen LogP contribution in [0.3, 0.4) is 0 Å². The third-order valence-electron chi connectivity index (χ3n) is 6.52. The average Bonchev–Trinajstić information content (AvgIpc) is 2.96. The molecule has 1 aromatic heterocycles. The normalized spacial score (nSPS) is 13.5. The Balaban J connectivity index is 1.43. The van der Waals surface area contributed by atoms with Crippen molar-refractivity contribution in [1.29, 1.82) is 0 Å². The Morgan fingerprint density at radius 3 is 2.37 bits per heavy atom. The first-order valence-electron chi connectivity index (χ1n) is 12.8. The molecule has 2 N–H and O–H groups in total. The molecule has 3 aromatic carbocycles. The summed E-state index contributed by atoms with van der Waals surface area (Å²) in [6, 6.07) is 16.7. The zero-order valence-electron chi connectivity index (χ0n) is 22.3. The van der Waals surface area contributed by atoms with Crippen LogP contribution in [0, 0.1) is 5.82 Å². The van der Waals surface area contributed by atoms with Crippen molar-refractivity contribution in [3.63, 3.8) is 0 Å². The van der Waals surface area contributed by atoms with Crippen molar-refractivity contribution in [2.45, 2.75) is 0 Å². The number of rotatable bonds is 8. The van der Waals surface area contributed by atoms with Gasteiger partial charge in [-0.1, -0.05) is 41.4 Å². The van der Waals surface area contributed by atoms with Gasteiger partial charge in [-0.2, -0.15) is 4.98 Å². The number of nitrogens with one attached hydrogen (secondary N) is 2. The Bertz CT molecular complexity index is 1550. The van der Waals surface area contributed by atoms with Gasteiger partial charge in [0.15, 0.2) is 11.5 Å². The maximum absolute atomic E-state index is 15.1. The van der Waals surface area contributed by atoms with Crippen LogP contribution in [0.2, 0.25) is 10.0 Å². The Morgan fingerprint density at radius 2 is 1.68 bits per heavy atom. The summed E-state index contributed by atoms with van der Waals surface area (Å²) in [6.07, 6.45) is 1.30. The molecule has 1 fully saturated rings. The van der Waals surface area contributed by atoms with E-state index in [-0.39, 0.29) is 38.9 Å². The molecule has 1 amide bonds. The summed E-state index contributed by atoms with van der Waals surface area (Å²) in [5, 5.41) is 6.22. The van der Waals surface area contributed by atoms with Gasteiger partial charge in [0.2, 0.25) is 11.8 Å². The Labute approximate surface area is 246 Å². The summed E-state index contributed by atoms with van der Waals surface area (Å²) in [6.45, 7) is 3.22. The van der Waals surface area contributed by atoms with Gasteiger partial charge in [0.1, 0.15) is 11.4 Å². The molecule has 1 saturated heterocycles. The van der Waals surface area contributed by atoms with Gasteiger partial charge in [0.25, 0.3) is 5.91 Å². The van der Waals surface area contributed by atoms with Crippen molar-refractivity contribution in [3.05, 3.63) is 88.3 Å². The third-order valence-corrected chi connectivity index (χ3v) is 7.15. The predicted molar refractivity (Wildman–Crippen MR) is 159 cm³/mol. The topological polar surface area (TPSA) is 91.9 Å². The van der Waals surface area contributed by atoms with Crippen molar-refractivity contribution >= 4 is 52.1 Å². The molecule has 0 atom stereocenters. The average molecular weight is 597 g/mol. The predicted octanol–water partition coefficient (Wildman–Crippen LogP) is 6.47. The maximum atomic E-state index is 15.1. The number of methoxy groups -OCH3 is 1. The van der Waals surface area contributed by atoms with Gasteiger partial charge in [-0.25, -0.2) is 9.37 Å². The second-order valence-corrected chi connectivity index (χ2v) is 10.1. The summed E-state index contributed by atoms with van der Waals surface area (Å²) in [4.78, 5) is 26.2. The van der Waals surface area contributed by atoms with E-state index in [0.29, 0.717) is 22.9 Å². The molecular weight excluding hydrogens is 570 g/mol. The van der Waals surface area contributed by atoms with E-state index in [1.165, 1.54) is 19.4 Å². The highest BCUT2D eigenvalue weighted by atomic mass is 35.5. The molecule has 12 heteroatoms. The molecule has 0 bridgehead atoms. The maximum Gasteiger partial charge on any atom is 0.262 e. The highest BCUT2D eigenvalue weighted by Crippen LogP contribution is 2.34. The number of carbonyl (C=O) groups excluding carboxylic acids is 1. The van der Waals surface area contributed by atoms with E-state index in [9.17, 15) is 4.79 Å². The number of hydrogen-bond acceptors (Lipinski definition) is 8. The molecule has 2 heterocycles. The van der Waals surface area contributed by atoms with E-state index in [0.717, 1.165) is 26.2 Å². The Kier molecular flexibility index (Phi) is 8.72. The fourth-order valence-electron chi connectivity index (χ4n) is 4.28. The summed E-state index contributed by atoms with van der Waals surface area (Å²) in [5.74, 6) is -0.178. The molecular formula is C29H27Cl2FN6O3. The van der Waals surface area contributed by atoms with Crippen LogP contribution in [0.5, 0.6) is 17.4 Å². The minimum absolute atomic E-state index is 0.00837. The van der Waals surface area contributed by atoms with Gasteiger partial charge >= 0.3 is 0 Å². The van der Waals surface area contributed by atoms with E-state index in [1.54, 1.807) is 54.6 Å². The molecule has 9 nitrogen and oxygen atoms in total. The molecule has 1 aliphatic rings. The van der Waals surface area contributed by atoms with Crippen LogP contribution in [-0.2, 0) is 0 Å². The molecule has 1 aliphatic heterocycles. The lowest BCUT2D eigenvalue weighted by molar-refractivity contribution is 0.102. The fraction of sp³-hybridized carbons (Fsp3) is 0.207. The monoisotopic (exact) mass is 596 g/mol. The number of anilines is 4. The summed E-state index contributed by atoms with van der Waals surface area (Å²) in [5.41, 5.74) is 1.22. The van der Waals surface area contributed by atoms with Gasteiger partial charge in [0, 0.05) is 38.1 Å². The van der Waals surface area contributed by atoms with Gasteiger partial charge in [0.05, 0.1) is 28.5 Å². The standard InChI is InChI=1S/C29H27Cl2FN6O3/c1-37-12-14-38(15-13-37)23-11-10-18(16-22(23)32)34-29-33-17-19(27(39)35-26-20(30)6-5-7-21(26)31)28(36-29)41-25-9-4-3-8-24(25)40-2/h3-11,16-17H,12-15H2,1-2H3,(H,35,39)(H,33,34,36). The highest BCUT2D eigenvalue weighted by Gasteiger charge is 2.21. The summed E-state index contributed by atoms with van der Waals surface area (Å²) < 4.78 is 26.5. The largest absolute Gasteiger partial charge is 0.493 e. The number of carbonyl (C=O) groups is 1. The number of para-hydroxylation sites is 3. The summed E-state index contributed by atoms with van der Waals surface area (Å²) >= 11 is 12.5. The van der Waals surface area contributed by atoms with Gasteiger partial charge in [-0.05, 0) is 49.5 Å². The first kappa shape index (κ1) is 28.4. The number of aromatic nitrogens is 2. The quantitative estimate of drug-likeness (QED) is 0.239. The van der Waals surface area contributed by atoms with Crippen molar-refractivity contribution in [2.75, 3.05) is 55.9 Å². The Morgan fingerprint density at radius 1 is 0.976 bits per heavy atom. The highest BCUT2D eigenvalue weighted by molar-refractivity contribution is 6.40. The van der Waals surface area contributed by atoms with E-state index in [4.69, 9.17) is 32.7 Å². The number of nitrogens with zero attached hydrogens (tertiary/aromatic N) is 4. The molecule has 0 aliphatic carbocycles. The van der Waals surface area contributed by atoms with Crippen molar-refractivity contribution in [2.24, 2.45) is 0 Å². The van der Waals surface area contributed by atoms with Gasteiger partial charge in [-0.3, -0.25) is 4.79 Å². The molecule has 41 heavy (non-hydrogen) atoms. The fourth-order valence-corrected chi connectivity index (χ4v) is 4.77. The molecule has 4 aromatic rings. The second-order valence-electron chi connectivity index (χ2n) is 9.30. The third kappa shape index (κ3) is 6.62. The smallest absolute Gasteiger partial charge is 0.262 e. The van der Waals surface area contributed by atoms with Gasteiger partial charge < -0.3 is 29.9 Å². The van der Waals surface area contributed by atoms with Crippen LogP contribution in [0.25, 0.3) is 0 Å². The minimum Gasteiger partial charge on any atom is -0.493 e. The number of hydrogen-bond donors (Lipinski definition) is 2. The zero-order valence-corrected chi connectivity index (χ0v) is 23.8. The van der Waals surface area contributed by atoms with E-state index < -0.39 is 5.91 Å². The number of amides is 1. The molecule has 0 spiro atoms. The lowest BCUT2D eigenvalue weighted by Gasteiger charge is -2.34. The van der Waals surface area contributed by atoms with E-state index >= 15 is 4.39 Å². The van der Waals surface area contributed by atoms with Crippen LogP contribution in [0.4, 0.5) is 27.4 Å². The zero-order chi connectivity index (χ0) is 28.9. The molecule has 212 valence electrons. The number of likely N-dealkylation sites (N-methyl/N-ethyl adjacent to an activating group) is 1. The lowest BCUT2D eigenvalue weighted by atomic mass is 10.2. The second kappa shape index (κ2) is 12.6. The van der Waals surface area contributed by atoms with Gasteiger partial charge in [-0.15, -0.1) is 0 Å². The van der Waals surface area contributed by atoms with E-state index in [1.807, 2.05) is 11.9 Å². The summed E-state index contributed by atoms with van der Waals surface area (Å²) in [7, 11) is 3.55. The van der Waals surface area contributed by atoms with E-state index in [2.05, 4.69) is 25.5 Å². The number of halogens is 3. The van der Waals surface area contributed by atoms with Crippen LogP contribution in [-0.4, -0.2) is 61.1 Å². The first-order valence-corrected chi connectivity index (χ1v) is 13.5. The first-order chi connectivity index (χ1) is 19.8. The number of ether oxygens (including phenoxy) is 2. The van der Waals surface area contributed by atoms with Crippen LogP contribution in [0.15, 0.2) is 66.9 Å². The molecule has 0 radical (unpaired) electrons. The number of piperazine rings is 1. The van der Waals surface area contributed by atoms with Crippen LogP contribution >= 0.6 is 23.2 Å². The minimum atomic E-state index is -0.598. The van der Waals surface area contributed by atoms with Crippen molar-refractivity contribution in [1.82, 2.24) is 14.9 Å². The van der Waals surface area contributed by atoms with Crippen LogP contribution < -0.4 is 25.0 Å². The molecule has 0 unspecified atom stereocenters. The molecule has 5 rings (SSSR count).